The SMILES string of the molecule is B.CCN1C=CN(C)C1.F.F.F.F. The maximum Gasteiger partial charge on any atom is 0.0890 e. The van der Waals surface area contributed by atoms with Crippen molar-refractivity contribution in [2.24, 2.45) is 0 Å². The summed E-state index contributed by atoms with van der Waals surface area (Å²) in [5.74, 6) is 0. The molecular formula is C6H19BF4N2. The van der Waals surface area contributed by atoms with Crippen molar-refractivity contribution in [3.63, 3.8) is 0 Å². The van der Waals surface area contributed by atoms with Crippen LogP contribution in [-0.2, 0) is 0 Å². The first-order chi connectivity index (χ1) is 3.83. The van der Waals surface area contributed by atoms with Gasteiger partial charge in [0.1, 0.15) is 0 Å². The van der Waals surface area contributed by atoms with Crippen molar-refractivity contribution in [3.05, 3.63) is 12.4 Å². The summed E-state index contributed by atoms with van der Waals surface area (Å²) < 4.78 is 0. The minimum atomic E-state index is 0. The zero-order valence-electron chi connectivity index (χ0n) is 7.10. The standard InChI is InChI=1S/C6H12N2.BH3.4FH/c1-3-8-5-4-7(2)6-8;;;;;/h4-5H,3,6H2,1-2H3;1H3;4*1H. The normalized spacial score (nSPS) is 11.2. The van der Waals surface area contributed by atoms with Crippen molar-refractivity contribution >= 4 is 8.41 Å². The van der Waals surface area contributed by atoms with Crippen molar-refractivity contribution in [2.45, 2.75) is 6.92 Å². The van der Waals surface area contributed by atoms with Crippen molar-refractivity contribution < 1.29 is 18.8 Å². The van der Waals surface area contributed by atoms with Crippen LogP contribution in [0.3, 0.4) is 0 Å². The van der Waals surface area contributed by atoms with Gasteiger partial charge in [-0.15, -0.1) is 0 Å². The summed E-state index contributed by atoms with van der Waals surface area (Å²) in [6.07, 6.45) is 4.20. The van der Waals surface area contributed by atoms with Gasteiger partial charge >= 0.3 is 0 Å². The number of nitrogens with zero attached hydrogens (tertiary/aromatic N) is 2. The van der Waals surface area contributed by atoms with E-state index in [1.54, 1.807) is 0 Å². The summed E-state index contributed by atoms with van der Waals surface area (Å²) in [6.45, 7) is 4.32. The Hall–Kier alpha value is -0.875. The fourth-order valence-corrected chi connectivity index (χ4v) is 0.794. The second-order valence-corrected chi connectivity index (χ2v) is 2.10. The summed E-state index contributed by atoms with van der Waals surface area (Å²) in [6, 6.07) is 0. The number of rotatable bonds is 1. The van der Waals surface area contributed by atoms with E-state index in [2.05, 4.69) is 36.2 Å². The van der Waals surface area contributed by atoms with E-state index in [1.807, 2.05) is 0 Å². The molecule has 0 aromatic heterocycles. The molecule has 0 unspecified atom stereocenters. The van der Waals surface area contributed by atoms with Gasteiger partial charge in [0.2, 0.25) is 0 Å². The van der Waals surface area contributed by atoms with Gasteiger partial charge in [0.25, 0.3) is 0 Å². The summed E-state index contributed by atoms with van der Waals surface area (Å²) in [7, 11) is 2.08. The van der Waals surface area contributed by atoms with Crippen molar-refractivity contribution in [1.82, 2.24) is 9.80 Å². The van der Waals surface area contributed by atoms with Gasteiger partial charge in [0.05, 0.1) is 15.1 Å². The smallest absolute Gasteiger partial charge is 0.0890 e. The molecule has 2 nitrogen and oxygen atoms in total. The van der Waals surface area contributed by atoms with E-state index in [4.69, 9.17) is 0 Å². The van der Waals surface area contributed by atoms with Crippen LogP contribution in [0.25, 0.3) is 0 Å². The summed E-state index contributed by atoms with van der Waals surface area (Å²) in [5.41, 5.74) is 0. The highest BCUT2D eigenvalue weighted by molar-refractivity contribution is 5.75. The highest BCUT2D eigenvalue weighted by atomic mass is 19.0. The molecule has 0 aromatic rings. The lowest BCUT2D eigenvalue weighted by atomic mass is 10.6. The van der Waals surface area contributed by atoms with Gasteiger partial charge in [0, 0.05) is 26.0 Å². The monoisotopic (exact) mass is 206 g/mol. The summed E-state index contributed by atoms with van der Waals surface area (Å²) in [4.78, 5) is 4.41. The molecule has 1 aliphatic heterocycles. The minimum Gasteiger partial charge on any atom is -0.362 e. The summed E-state index contributed by atoms with van der Waals surface area (Å²) in [5, 5.41) is 0. The average Bonchev–Trinajstić information content (AvgIpc) is 2.14. The van der Waals surface area contributed by atoms with E-state index < -0.39 is 0 Å². The quantitative estimate of drug-likeness (QED) is 0.443. The van der Waals surface area contributed by atoms with Gasteiger partial charge in [-0.2, -0.15) is 0 Å². The van der Waals surface area contributed by atoms with E-state index in [9.17, 15) is 0 Å². The predicted molar refractivity (Wildman–Crippen MR) is 54.1 cm³/mol. The molecule has 84 valence electrons. The molecule has 0 atom stereocenters. The van der Waals surface area contributed by atoms with Crippen LogP contribution < -0.4 is 0 Å². The lowest BCUT2D eigenvalue weighted by molar-refractivity contribution is 0.308. The second-order valence-electron chi connectivity index (χ2n) is 2.10. The molecule has 7 heteroatoms. The van der Waals surface area contributed by atoms with Crippen LogP contribution in [0.2, 0.25) is 0 Å². The first kappa shape index (κ1) is 29.6. The molecular weight excluding hydrogens is 187 g/mol. The third-order valence-electron chi connectivity index (χ3n) is 1.34. The van der Waals surface area contributed by atoms with Gasteiger partial charge in [-0.05, 0) is 6.92 Å². The first-order valence-electron chi connectivity index (χ1n) is 2.95. The highest BCUT2D eigenvalue weighted by Gasteiger charge is 2.03. The second kappa shape index (κ2) is 13.7. The Morgan fingerprint density at radius 2 is 1.54 bits per heavy atom. The first-order valence-corrected chi connectivity index (χ1v) is 2.95. The highest BCUT2D eigenvalue weighted by Crippen LogP contribution is 2.00. The Morgan fingerprint density at radius 3 is 1.69 bits per heavy atom. The Balaban J connectivity index is -0.0000000427. The van der Waals surface area contributed by atoms with E-state index in [0.717, 1.165) is 13.2 Å². The van der Waals surface area contributed by atoms with Gasteiger partial charge in [-0.25, -0.2) is 0 Å². The van der Waals surface area contributed by atoms with Crippen LogP contribution in [0.4, 0.5) is 18.8 Å². The fourth-order valence-electron chi connectivity index (χ4n) is 0.794. The molecule has 0 N–H and O–H groups in total. The largest absolute Gasteiger partial charge is 0.362 e. The zero-order chi connectivity index (χ0) is 5.98. The third-order valence-corrected chi connectivity index (χ3v) is 1.34. The molecule has 1 heterocycles. The molecule has 0 saturated carbocycles. The van der Waals surface area contributed by atoms with Crippen molar-refractivity contribution in [1.29, 1.82) is 0 Å². The van der Waals surface area contributed by atoms with Gasteiger partial charge in [-0.1, -0.05) is 0 Å². The predicted octanol–water partition coefficient (Wildman–Crippen LogP) is 0.109. The van der Waals surface area contributed by atoms with E-state index in [-0.39, 0.29) is 27.2 Å². The minimum absolute atomic E-state index is 0. The Labute approximate surface area is 77.6 Å². The molecule has 1 aliphatic rings. The molecule has 0 fully saturated rings. The van der Waals surface area contributed by atoms with Crippen LogP contribution in [0.15, 0.2) is 12.4 Å². The molecule has 0 aromatic carbocycles. The lowest BCUT2D eigenvalue weighted by Gasteiger charge is -2.14. The fraction of sp³-hybridized carbons (Fsp3) is 0.667. The van der Waals surface area contributed by atoms with Crippen molar-refractivity contribution in [3.8, 4) is 0 Å². The molecule has 0 saturated heterocycles. The molecule has 0 bridgehead atoms. The van der Waals surface area contributed by atoms with E-state index in [0.29, 0.717) is 0 Å². The Bertz CT molecular complexity index is 115. The van der Waals surface area contributed by atoms with Crippen LogP contribution >= 0.6 is 0 Å². The molecule has 0 amide bonds. The molecule has 0 radical (unpaired) electrons. The summed E-state index contributed by atoms with van der Waals surface area (Å²) >= 11 is 0. The Morgan fingerprint density at radius 1 is 1.08 bits per heavy atom. The Kier molecular flexibility index (Phi) is 31.1. The molecule has 13 heavy (non-hydrogen) atoms. The number of halogens is 4. The zero-order valence-corrected chi connectivity index (χ0v) is 7.10. The molecule has 0 spiro atoms. The van der Waals surface area contributed by atoms with Gasteiger partial charge in [-0.3, -0.25) is 18.8 Å². The van der Waals surface area contributed by atoms with Crippen LogP contribution in [0, 0.1) is 0 Å². The van der Waals surface area contributed by atoms with Crippen LogP contribution in [0.1, 0.15) is 6.92 Å². The van der Waals surface area contributed by atoms with Crippen LogP contribution in [-0.4, -0.2) is 38.5 Å². The van der Waals surface area contributed by atoms with Crippen molar-refractivity contribution in [2.75, 3.05) is 20.3 Å². The lowest BCUT2D eigenvalue weighted by Crippen LogP contribution is -2.21. The van der Waals surface area contributed by atoms with Gasteiger partial charge < -0.3 is 9.80 Å². The van der Waals surface area contributed by atoms with Crippen LogP contribution in [0.5, 0.6) is 0 Å². The van der Waals surface area contributed by atoms with E-state index >= 15 is 0 Å². The third kappa shape index (κ3) is 9.04. The van der Waals surface area contributed by atoms with E-state index in [1.165, 1.54) is 0 Å². The molecule has 1 rings (SSSR count). The van der Waals surface area contributed by atoms with Gasteiger partial charge in [0.15, 0.2) is 0 Å². The maximum atomic E-state index is 2.25. The number of hydrogen-bond donors (Lipinski definition) is 0. The number of hydrogen-bond acceptors (Lipinski definition) is 2. The topological polar surface area (TPSA) is 6.48 Å². The maximum absolute atomic E-state index is 2.25. The average molecular weight is 206 g/mol. The molecule has 0 aliphatic carbocycles.